The average molecular weight is 388 g/mol. The summed E-state index contributed by atoms with van der Waals surface area (Å²) in [5, 5.41) is 8.43. The van der Waals surface area contributed by atoms with E-state index in [1.54, 1.807) is 24.3 Å². The molecule has 0 aliphatic heterocycles. The van der Waals surface area contributed by atoms with Crippen molar-refractivity contribution in [2.24, 2.45) is 0 Å². The molecule has 0 aliphatic rings. The smallest absolute Gasteiger partial charge is 0.282 e. The van der Waals surface area contributed by atoms with E-state index in [4.69, 9.17) is 0 Å². The van der Waals surface area contributed by atoms with Crippen molar-refractivity contribution in [2.45, 2.75) is 18.9 Å². The van der Waals surface area contributed by atoms with Gasteiger partial charge in [0.25, 0.3) is 15.9 Å². The standard InChI is InChI=1S/C18H17FN4O3S/c1-11-3-7-15(8-4-11)23-27(25,26)18-16(12(2)21-22-18)17(24)20-14-9-5-13(19)6-10-14/h3-10,23H,1-2H3,(H,20,24)(H,21,22). The topological polar surface area (TPSA) is 104 Å². The summed E-state index contributed by atoms with van der Waals surface area (Å²) in [4.78, 5) is 12.6. The first-order chi connectivity index (χ1) is 12.8. The molecule has 2 aromatic carbocycles. The SMILES string of the molecule is Cc1ccc(NS(=O)(=O)c2n[nH]c(C)c2C(=O)Nc2ccc(F)cc2)cc1. The quantitative estimate of drug-likeness (QED) is 0.624. The highest BCUT2D eigenvalue weighted by atomic mass is 32.2. The Morgan fingerprint density at radius 3 is 2.22 bits per heavy atom. The van der Waals surface area contributed by atoms with Gasteiger partial charge in [-0.2, -0.15) is 13.5 Å². The molecule has 0 radical (unpaired) electrons. The second-order valence-electron chi connectivity index (χ2n) is 5.96. The van der Waals surface area contributed by atoms with E-state index in [9.17, 15) is 17.6 Å². The van der Waals surface area contributed by atoms with E-state index in [0.29, 0.717) is 17.1 Å². The number of aromatic nitrogens is 2. The number of sulfonamides is 1. The number of nitrogens with one attached hydrogen (secondary N) is 3. The van der Waals surface area contributed by atoms with Crippen LogP contribution in [-0.2, 0) is 10.0 Å². The van der Waals surface area contributed by atoms with Crippen molar-refractivity contribution in [3.8, 4) is 0 Å². The zero-order valence-corrected chi connectivity index (χ0v) is 15.4. The van der Waals surface area contributed by atoms with Crippen LogP contribution in [0.4, 0.5) is 15.8 Å². The largest absolute Gasteiger partial charge is 0.322 e. The summed E-state index contributed by atoms with van der Waals surface area (Å²) < 4.78 is 40.8. The lowest BCUT2D eigenvalue weighted by Crippen LogP contribution is -2.20. The number of aromatic amines is 1. The summed E-state index contributed by atoms with van der Waals surface area (Å²) in [6.45, 7) is 3.42. The van der Waals surface area contributed by atoms with Crippen LogP contribution in [0.2, 0.25) is 0 Å². The Morgan fingerprint density at radius 1 is 1.00 bits per heavy atom. The monoisotopic (exact) mass is 388 g/mol. The van der Waals surface area contributed by atoms with Crippen LogP contribution in [0.5, 0.6) is 0 Å². The number of hydrogen-bond acceptors (Lipinski definition) is 4. The van der Waals surface area contributed by atoms with E-state index in [0.717, 1.165) is 5.56 Å². The number of rotatable bonds is 5. The lowest BCUT2D eigenvalue weighted by Gasteiger charge is -2.09. The van der Waals surface area contributed by atoms with Crippen molar-refractivity contribution in [1.29, 1.82) is 0 Å². The molecule has 0 unspecified atom stereocenters. The van der Waals surface area contributed by atoms with Crippen molar-refractivity contribution in [3.05, 3.63) is 71.2 Å². The van der Waals surface area contributed by atoms with Crippen molar-refractivity contribution < 1.29 is 17.6 Å². The molecule has 1 amide bonds. The molecule has 0 fully saturated rings. The summed E-state index contributed by atoms with van der Waals surface area (Å²) in [5.41, 5.74) is 1.84. The molecule has 0 atom stereocenters. The predicted octanol–water partition coefficient (Wildman–Crippen LogP) is 3.22. The molecule has 3 aromatic rings. The summed E-state index contributed by atoms with van der Waals surface area (Å²) >= 11 is 0. The fourth-order valence-electron chi connectivity index (χ4n) is 2.42. The van der Waals surface area contributed by atoms with Gasteiger partial charge in [-0.15, -0.1) is 0 Å². The van der Waals surface area contributed by atoms with Gasteiger partial charge in [0.05, 0.1) is 0 Å². The fourth-order valence-corrected chi connectivity index (χ4v) is 3.64. The first-order valence-electron chi connectivity index (χ1n) is 7.97. The van der Waals surface area contributed by atoms with Crippen molar-refractivity contribution >= 4 is 27.3 Å². The number of amides is 1. The third-order valence-corrected chi connectivity index (χ3v) is 5.11. The lowest BCUT2D eigenvalue weighted by atomic mass is 10.2. The third-order valence-electron chi connectivity index (χ3n) is 3.80. The molecule has 0 saturated heterocycles. The van der Waals surface area contributed by atoms with Crippen LogP contribution in [-0.4, -0.2) is 24.5 Å². The van der Waals surface area contributed by atoms with Crippen LogP contribution in [0, 0.1) is 19.7 Å². The molecular weight excluding hydrogens is 371 g/mol. The van der Waals surface area contributed by atoms with Gasteiger partial charge in [-0.25, -0.2) is 4.39 Å². The van der Waals surface area contributed by atoms with Gasteiger partial charge in [-0.05, 0) is 50.2 Å². The van der Waals surface area contributed by atoms with Gasteiger partial charge in [0.2, 0.25) is 5.03 Å². The maximum Gasteiger partial charge on any atom is 0.282 e. The summed E-state index contributed by atoms with van der Waals surface area (Å²) in [6, 6.07) is 11.9. The normalized spacial score (nSPS) is 11.2. The Kier molecular flexibility index (Phi) is 4.95. The van der Waals surface area contributed by atoms with Gasteiger partial charge in [-0.3, -0.25) is 14.6 Å². The molecule has 9 heteroatoms. The second kappa shape index (κ2) is 7.20. The van der Waals surface area contributed by atoms with Crippen molar-refractivity contribution in [2.75, 3.05) is 10.0 Å². The number of anilines is 2. The van der Waals surface area contributed by atoms with Gasteiger partial charge >= 0.3 is 0 Å². The highest BCUT2D eigenvalue weighted by Gasteiger charge is 2.28. The molecule has 27 heavy (non-hydrogen) atoms. The van der Waals surface area contributed by atoms with Gasteiger partial charge in [-0.1, -0.05) is 17.7 Å². The fraction of sp³-hybridized carbons (Fsp3) is 0.111. The highest BCUT2D eigenvalue weighted by molar-refractivity contribution is 7.92. The number of carbonyl (C=O) groups is 1. The van der Waals surface area contributed by atoms with Crippen molar-refractivity contribution in [3.63, 3.8) is 0 Å². The molecule has 3 N–H and O–H groups in total. The number of H-pyrrole nitrogens is 1. The highest BCUT2D eigenvalue weighted by Crippen LogP contribution is 2.22. The number of hydrogen-bond donors (Lipinski definition) is 3. The lowest BCUT2D eigenvalue weighted by molar-refractivity contribution is 0.102. The van der Waals surface area contributed by atoms with E-state index >= 15 is 0 Å². The van der Waals surface area contributed by atoms with E-state index < -0.39 is 26.8 Å². The third kappa shape index (κ3) is 4.14. The molecule has 7 nitrogen and oxygen atoms in total. The molecule has 0 bridgehead atoms. The minimum absolute atomic E-state index is 0.112. The van der Waals surface area contributed by atoms with Crippen LogP contribution >= 0.6 is 0 Å². The number of nitrogens with zero attached hydrogens (tertiary/aromatic N) is 1. The van der Waals surface area contributed by atoms with Crippen LogP contribution in [0.15, 0.2) is 53.6 Å². The summed E-state index contributed by atoms with van der Waals surface area (Å²) in [6.07, 6.45) is 0. The van der Waals surface area contributed by atoms with Crippen molar-refractivity contribution in [1.82, 2.24) is 10.2 Å². The average Bonchev–Trinajstić information content (AvgIpc) is 3.01. The Balaban J connectivity index is 1.89. The van der Waals surface area contributed by atoms with Crippen LogP contribution in [0.3, 0.4) is 0 Å². The van der Waals surface area contributed by atoms with Crippen LogP contribution in [0.25, 0.3) is 0 Å². The Labute approximate surface area is 155 Å². The Hall–Kier alpha value is -3.20. The summed E-state index contributed by atoms with van der Waals surface area (Å²) in [7, 11) is -4.09. The molecule has 0 saturated carbocycles. The minimum Gasteiger partial charge on any atom is -0.322 e. The summed E-state index contributed by atoms with van der Waals surface area (Å²) in [5.74, 6) is -1.12. The second-order valence-corrected chi connectivity index (χ2v) is 7.56. The predicted molar refractivity (Wildman–Crippen MR) is 99.7 cm³/mol. The number of halogens is 1. The number of benzene rings is 2. The number of aryl methyl sites for hydroxylation is 2. The van der Waals surface area contributed by atoms with Crippen LogP contribution in [0.1, 0.15) is 21.6 Å². The molecule has 0 aliphatic carbocycles. The molecule has 140 valence electrons. The van der Waals surface area contributed by atoms with E-state index in [-0.39, 0.29) is 5.56 Å². The molecule has 3 rings (SSSR count). The zero-order valence-electron chi connectivity index (χ0n) is 14.6. The molecule has 1 heterocycles. The molecule has 0 spiro atoms. The Morgan fingerprint density at radius 2 is 1.59 bits per heavy atom. The van der Waals surface area contributed by atoms with E-state index in [2.05, 4.69) is 20.2 Å². The maximum atomic E-state index is 13.0. The van der Waals surface area contributed by atoms with Gasteiger partial charge in [0.1, 0.15) is 11.4 Å². The van der Waals surface area contributed by atoms with Gasteiger partial charge in [0.15, 0.2) is 0 Å². The van der Waals surface area contributed by atoms with Crippen LogP contribution < -0.4 is 10.0 Å². The minimum atomic E-state index is -4.09. The molecule has 1 aromatic heterocycles. The maximum absolute atomic E-state index is 13.0. The van der Waals surface area contributed by atoms with Gasteiger partial charge in [0, 0.05) is 17.1 Å². The first-order valence-corrected chi connectivity index (χ1v) is 9.46. The van der Waals surface area contributed by atoms with E-state index in [1.807, 2.05) is 6.92 Å². The number of carbonyl (C=O) groups excluding carboxylic acids is 1. The zero-order chi connectivity index (χ0) is 19.6. The molecular formula is C18H17FN4O3S. The Bertz CT molecular complexity index is 1070. The van der Waals surface area contributed by atoms with Gasteiger partial charge < -0.3 is 5.32 Å². The first kappa shape index (κ1) is 18.6. The van der Waals surface area contributed by atoms with E-state index in [1.165, 1.54) is 31.2 Å².